The Morgan fingerprint density at radius 2 is 1.80 bits per heavy atom. The van der Waals surface area contributed by atoms with Crippen molar-refractivity contribution < 1.29 is 50.3 Å². The van der Waals surface area contributed by atoms with Gasteiger partial charge in [-0.05, 0) is 49.9 Å². The molecule has 10 nitrogen and oxygen atoms in total. The highest BCUT2D eigenvalue weighted by Gasteiger charge is 2.70. The number of likely N-dealkylation sites (tertiary alicyclic amines) is 1. The minimum absolute atomic E-state index is 0.0144. The number of amides is 4. The van der Waals surface area contributed by atoms with E-state index < -0.39 is 78.2 Å². The van der Waals surface area contributed by atoms with Crippen LogP contribution in [0.3, 0.4) is 0 Å². The number of piperidine rings is 1. The second kappa shape index (κ2) is 10.3. The highest BCUT2D eigenvalue weighted by molar-refractivity contribution is 5.95. The van der Waals surface area contributed by atoms with E-state index in [0.717, 1.165) is 24.7 Å². The normalized spacial score (nSPS) is 29.6. The lowest BCUT2D eigenvalue weighted by Gasteiger charge is -2.35. The molecule has 2 heterocycles. The van der Waals surface area contributed by atoms with Crippen LogP contribution in [-0.4, -0.2) is 83.8 Å². The van der Waals surface area contributed by atoms with Gasteiger partial charge in [-0.15, -0.1) is 0 Å². The fourth-order valence-corrected chi connectivity index (χ4v) is 6.25. The van der Waals surface area contributed by atoms with Crippen LogP contribution < -0.4 is 16.0 Å². The number of nitrogens with zero attached hydrogens (tertiary/aromatic N) is 2. The molecule has 0 aromatic rings. The van der Waals surface area contributed by atoms with Crippen molar-refractivity contribution in [1.82, 2.24) is 20.9 Å². The molecule has 41 heavy (non-hydrogen) atoms. The van der Waals surface area contributed by atoms with Crippen molar-refractivity contribution in [1.29, 1.82) is 5.26 Å². The van der Waals surface area contributed by atoms with E-state index in [-0.39, 0.29) is 30.3 Å². The van der Waals surface area contributed by atoms with Gasteiger partial charge in [-0.3, -0.25) is 19.2 Å². The minimum atomic E-state index is -5.44. The van der Waals surface area contributed by atoms with Gasteiger partial charge in [0.05, 0.1) is 12.2 Å². The molecule has 0 bridgehead atoms. The van der Waals surface area contributed by atoms with Crippen molar-refractivity contribution in [3.05, 3.63) is 0 Å². The summed E-state index contributed by atoms with van der Waals surface area (Å²) < 4.78 is 81.8. The number of nitrogens with one attached hydrogen (secondary N) is 3. The fourth-order valence-electron chi connectivity index (χ4n) is 6.25. The Hall–Kier alpha value is -3.09. The molecule has 2 aliphatic carbocycles. The van der Waals surface area contributed by atoms with Crippen LogP contribution in [0.15, 0.2) is 0 Å². The van der Waals surface area contributed by atoms with Crippen LogP contribution in [0.2, 0.25) is 0 Å². The van der Waals surface area contributed by atoms with Gasteiger partial charge in [0.15, 0.2) is 0 Å². The van der Waals surface area contributed by atoms with Crippen LogP contribution in [0, 0.1) is 34.5 Å². The predicted molar refractivity (Wildman–Crippen MR) is 126 cm³/mol. The van der Waals surface area contributed by atoms with Gasteiger partial charge in [-0.2, -0.15) is 31.6 Å². The minimum Gasteiger partial charge on any atom is -0.366 e. The van der Waals surface area contributed by atoms with Gasteiger partial charge in [0, 0.05) is 18.0 Å². The lowest BCUT2D eigenvalue weighted by molar-refractivity contribution is -0.191. The van der Waals surface area contributed by atoms with Gasteiger partial charge in [0.1, 0.15) is 24.7 Å². The van der Waals surface area contributed by atoms with E-state index in [1.807, 2.05) is 19.9 Å². The summed E-state index contributed by atoms with van der Waals surface area (Å²) in [6.07, 6.45) is -9.96. The first-order valence-corrected chi connectivity index (χ1v) is 13.2. The van der Waals surface area contributed by atoms with E-state index >= 15 is 0 Å². The number of carbonyl (C=O) groups excluding carboxylic acids is 4. The molecular formula is C25H31F6N5O5. The van der Waals surface area contributed by atoms with Crippen molar-refractivity contribution in [2.45, 2.75) is 88.6 Å². The first kappa shape index (κ1) is 30.9. The zero-order valence-corrected chi connectivity index (χ0v) is 22.5. The molecule has 4 aliphatic rings. The van der Waals surface area contributed by atoms with Crippen LogP contribution in [0.5, 0.6) is 0 Å². The van der Waals surface area contributed by atoms with E-state index in [4.69, 9.17) is 0 Å². The van der Waals surface area contributed by atoms with Crippen LogP contribution >= 0.6 is 0 Å². The third-order valence-corrected chi connectivity index (χ3v) is 8.79. The molecule has 3 N–H and O–H groups in total. The van der Waals surface area contributed by atoms with E-state index in [2.05, 4.69) is 15.4 Å². The zero-order chi connectivity index (χ0) is 30.7. The number of alkyl halides is 6. The maximum Gasteiger partial charge on any atom is 0.471 e. The Morgan fingerprint density at radius 1 is 1.17 bits per heavy atom. The molecule has 2 saturated carbocycles. The van der Waals surface area contributed by atoms with Crippen molar-refractivity contribution >= 4 is 23.6 Å². The Bertz CT molecular complexity index is 1150. The summed E-state index contributed by atoms with van der Waals surface area (Å²) in [5.74, 6) is -6.02. The van der Waals surface area contributed by atoms with Crippen molar-refractivity contribution in [2.75, 3.05) is 13.2 Å². The highest BCUT2D eigenvalue weighted by atomic mass is 19.4. The van der Waals surface area contributed by atoms with Gasteiger partial charge >= 0.3 is 18.3 Å². The monoisotopic (exact) mass is 595 g/mol. The number of ether oxygens (including phenoxy) is 1. The summed E-state index contributed by atoms with van der Waals surface area (Å²) >= 11 is 0. The molecule has 0 aromatic carbocycles. The average Bonchev–Trinajstić information content (AvgIpc) is 3.57. The van der Waals surface area contributed by atoms with E-state index in [9.17, 15) is 50.8 Å². The standard InChI is InChI=1S/C25H31F6N5O5/c1-11(41-10-24(26,27)28)16(34-21(40)25(29,30)31)20(39)36-9-14-15(22(14,2)3)17(36)19(38)33-13(8-32)6-12-7-23(4-5-23)35-18(12)37/h11-17H,4-7,9-10H2,1-3H3,(H,33,38)(H,34,40)(H,35,37)/t11-,12-,13+,14+,15+,16+,17+/m1/s1. The molecule has 0 aromatic heterocycles. The van der Waals surface area contributed by atoms with Gasteiger partial charge < -0.3 is 25.6 Å². The summed E-state index contributed by atoms with van der Waals surface area (Å²) in [6, 6.07) is -2.64. The summed E-state index contributed by atoms with van der Waals surface area (Å²) in [5.41, 5.74) is -0.708. The molecule has 4 amide bonds. The van der Waals surface area contributed by atoms with Crippen molar-refractivity contribution in [3.8, 4) is 6.07 Å². The van der Waals surface area contributed by atoms with E-state index in [1.165, 1.54) is 5.32 Å². The van der Waals surface area contributed by atoms with E-state index in [0.29, 0.717) is 6.42 Å². The Labute approximate surface area is 231 Å². The van der Waals surface area contributed by atoms with Crippen molar-refractivity contribution in [2.24, 2.45) is 23.2 Å². The van der Waals surface area contributed by atoms with Crippen LogP contribution in [0.1, 0.15) is 46.5 Å². The number of nitriles is 1. The van der Waals surface area contributed by atoms with Crippen LogP contribution in [0.4, 0.5) is 26.3 Å². The number of halogens is 6. The molecular weight excluding hydrogens is 564 g/mol. The summed E-state index contributed by atoms with van der Waals surface area (Å²) in [6.45, 7) is 2.56. The molecule has 16 heteroatoms. The van der Waals surface area contributed by atoms with Crippen molar-refractivity contribution in [3.63, 3.8) is 0 Å². The molecule has 4 fully saturated rings. The van der Waals surface area contributed by atoms with Crippen LogP contribution in [-0.2, 0) is 23.9 Å². The molecule has 7 atom stereocenters. The first-order valence-electron chi connectivity index (χ1n) is 13.2. The lowest BCUT2D eigenvalue weighted by Crippen LogP contribution is -2.61. The lowest BCUT2D eigenvalue weighted by atomic mass is 9.95. The van der Waals surface area contributed by atoms with Gasteiger partial charge in [-0.25, -0.2) is 0 Å². The molecule has 228 valence electrons. The molecule has 2 saturated heterocycles. The maximum atomic E-state index is 13.5. The number of rotatable bonds is 9. The van der Waals surface area contributed by atoms with Gasteiger partial charge in [0.2, 0.25) is 17.7 Å². The molecule has 2 aliphatic heterocycles. The van der Waals surface area contributed by atoms with Crippen LogP contribution in [0.25, 0.3) is 0 Å². The SMILES string of the molecule is C[C@@H](OCC(F)(F)F)[C@H](NC(=O)C(F)(F)F)C(=O)N1C[C@H]2[C@@H]([C@H]1C(=O)N[C@H](C#N)C[C@@H]1CC3(CC3)NC1=O)C2(C)C. The highest BCUT2D eigenvalue weighted by Crippen LogP contribution is 2.65. The summed E-state index contributed by atoms with van der Waals surface area (Å²) in [5, 5.41) is 16.5. The van der Waals surface area contributed by atoms with E-state index in [1.54, 1.807) is 0 Å². The third-order valence-electron chi connectivity index (χ3n) is 8.79. The largest absolute Gasteiger partial charge is 0.471 e. The Morgan fingerprint density at radius 3 is 2.32 bits per heavy atom. The maximum absolute atomic E-state index is 13.5. The fraction of sp³-hybridized carbons (Fsp3) is 0.800. The number of hydrogen-bond acceptors (Lipinski definition) is 6. The molecule has 0 unspecified atom stereocenters. The molecule has 4 rings (SSSR count). The second-order valence-electron chi connectivity index (χ2n) is 12.1. The average molecular weight is 596 g/mol. The topological polar surface area (TPSA) is 141 Å². The number of hydrogen-bond donors (Lipinski definition) is 3. The Balaban J connectivity index is 1.52. The number of carbonyl (C=O) groups is 4. The summed E-state index contributed by atoms with van der Waals surface area (Å²) in [7, 11) is 0. The summed E-state index contributed by atoms with van der Waals surface area (Å²) in [4.78, 5) is 51.9. The molecule has 0 radical (unpaired) electrons. The molecule has 1 spiro atoms. The first-order chi connectivity index (χ1) is 18.8. The van der Waals surface area contributed by atoms with Gasteiger partial charge in [0.25, 0.3) is 0 Å². The quantitative estimate of drug-likeness (QED) is 0.346. The zero-order valence-electron chi connectivity index (χ0n) is 22.5. The third kappa shape index (κ3) is 6.39. The predicted octanol–water partition coefficient (Wildman–Crippen LogP) is 1.55. The second-order valence-corrected chi connectivity index (χ2v) is 12.1. The Kier molecular flexibility index (Phi) is 7.77. The number of fused-ring (bicyclic) bond motifs is 1. The smallest absolute Gasteiger partial charge is 0.366 e. The van der Waals surface area contributed by atoms with Gasteiger partial charge in [-0.1, -0.05) is 13.8 Å².